The second-order valence-electron chi connectivity index (χ2n) is 10.2. The van der Waals surface area contributed by atoms with Gasteiger partial charge in [-0.2, -0.15) is 8.42 Å². The van der Waals surface area contributed by atoms with E-state index in [9.17, 15) is 28.8 Å². The van der Waals surface area contributed by atoms with Crippen molar-refractivity contribution in [3.63, 3.8) is 0 Å². The lowest BCUT2D eigenvalue weighted by Crippen LogP contribution is -2.59. The minimum Gasteiger partial charge on any atom is -0.394 e. The maximum atomic E-state index is 12.5. The molecule has 9 nitrogen and oxygen atoms in total. The zero-order valence-corrected chi connectivity index (χ0v) is 23.6. The first-order valence-electron chi connectivity index (χ1n) is 14.3. The summed E-state index contributed by atoms with van der Waals surface area (Å²) in [5.74, 6) is 0.117. The van der Waals surface area contributed by atoms with Crippen LogP contribution >= 0.6 is 0 Å². The molecule has 0 aliphatic carbocycles. The van der Waals surface area contributed by atoms with Crippen LogP contribution in [0.5, 0.6) is 5.75 Å². The molecule has 1 aliphatic heterocycles. The third-order valence-corrected chi connectivity index (χ3v) is 7.83. The number of aliphatic hydroxyl groups excluding tert-OH is 4. The van der Waals surface area contributed by atoms with Crippen LogP contribution in [0, 0.1) is 0 Å². The molecular formula is C28H48O9S. The van der Waals surface area contributed by atoms with Gasteiger partial charge in [-0.25, -0.2) is 4.18 Å². The number of ether oxygens (including phenoxy) is 1. The van der Waals surface area contributed by atoms with Gasteiger partial charge in [0, 0.05) is 0 Å². The summed E-state index contributed by atoms with van der Waals surface area (Å²) in [7, 11) is -4.68. The second kappa shape index (κ2) is 18.1. The highest BCUT2D eigenvalue weighted by Crippen LogP contribution is 2.27. The number of rotatable bonds is 20. The predicted molar refractivity (Wildman–Crippen MR) is 145 cm³/mol. The molecule has 4 N–H and O–H groups in total. The van der Waals surface area contributed by atoms with Crippen LogP contribution in [0.2, 0.25) is 0 Å². The SMILES string of the molecule is CCCCCCCCCCCCCCCCc1ccccc1OS(=O)(=O)O[C@@H]1O[C@H](CO)[C@H](O)[C@H](O)[C@H]1O. The zero-order chi connectivity index (χ0) is 27.8. The lowest BCUT2D eigenvalue weighted by atomic mass is 10.00. The first-order valence-corrected chi connectivity index (χ1v) is 15.6. The monoisotopic (exact) mass is 560 g/mol. The van der Waals surface area contributed by atoms with Gasteiger partial charge >= 0.3 is 10.4 Å². The molecule has 1 heterocycles. The quantitative estimate of drug-likeness (QED) is 0.173. The zero-order valence-electron chi connectivity index (χ0n) is 22.7. The molecule has 1 aromatic rings. The molecule has 0 amide bonds. The van der Waals surface area contributed by atoms with Crippen molar-refractivity contribution < 1.29 is 41.9 Å². The Bertz CT molecular complexity index is 862. The minimum atomic E-state index is -4.68. The lowest BCUT2D eigenvalue weighted by molar-refractivity contribution is -0.277. The minimum absolute atomic E-state index is 0.117. The average Bonchev–Trinajstić information content (AvgIpc) is 2.89. The molecule has 0 bridgehead atoms. The van der Waals surface area contributed by atoms with Gasteiger partial charge < -0.3 is 29.3 Å². The Labute approximate surface area is 228 Å². The molecule has 38 heavy (non-hydrogen) atoms. The summed E-state index contributed by atoms with van der Waals surface area (Å²) in [5, 5.41) is 39.0. The highest BCUT2D eigenvalue weighted by Gasteiger charge is 2.46. The van der Waals surface area contributed by atoms with Crippen LogP contribution in [0.15, 0.2) is 24.3 Å². The summed E-state index contributed by atoms with van der Waals surface area (Å²) in [5.41, 5.74) is 0.715. The van der Waals surface area contributed by atoms with Gasteiger partial charge in [0.05, 0.1) is 6.61 Å². The molecule has 0 spiro atoms. The number of aryl methyl sites for hydroxylation is 1. The van der Waals surface area contributed by atoms with Crippen molar-refractivity contribution in [3.05, 3.63) is 29.8 Å². The van der Waals surface area contributed by atoms with E-state index in [0.717, 1.165) is 19.3 Å². The van der Waals surface area contributed by atoms with Crippen molar-refractivity contribution in [2.75, 3.05) is 6.61 Å². The fourth-order valence-corrected chi connectivity index (χ4v) is 5.51. The molecule has 0 saturated carbocycles. The summed E-state index contributed by atoms with van der Waals surface area (Å²) in [6, 6.07) is 6.76. The second-order valence-corrected chi connectivity index (χ2v) is 11.4. The Hall–Kier alpha value is -1.27. The maximum Gasteiger partial charge on any atom is 0.451 e. The van der Waals surface area contributed by atoms with Crippen LogP contribution < -0.4 is 4.18 Å². The molecular weight excluding hydrogens is 512 g/mol. The van der Waals surface area contributed by atoms with Gasteiger partial charge in [-0.1, -0.05) is 109 Å². The first-order chi connectivity index (χ1) is 18.3. The Kier molecular flexibility index (Phi) is 15.7. The van der Waals surface area contributed by atoms with Gasteiger partial charge in [0.25, 0.3) is 0 Å². The van der Waals surface area contributed by atoms with Crippen molar-refractivity contribution in [1.29, 1.82) is 0 Å². The van der Waals surface area contributed by atoms with E-state index in [1.807, 2.05) is 0 Å². The molecule has 0 aromatic heterocycles. The fraction of sp³-hybridized carbons (Fsp3) is 0.786. The smallest absolute Gasteiger partial charge is 0.394 e. The lowest BCUT2D eigenvalue weighted by Gasteiger charge is -2.38. The van der Waals surface area contributed by atoms with Crippen molar-refractivity contribution in [3.8, 4) is 5.75 Å². The third-order valence-electron chi connectivity index (χ3n) is 7.03. The molecule has 5 atom stereocenters. The van der Waals surface area contributed by atoms with Gasteiger partial charge in [-0.05, 0) is 24.5 Å². The largest absolute Gasteiger partial charge is 0.451 e. The van der Waals surface area contributed by atoms with Gasteiger partial charge in [0.2, 0.25) is 6.29 Å². The van der Waals surface area contributed by atoms with E-state index in [4.69, 9.17) is 13.1 Å². The number of hydrogen-bond acceptors (Lipinski definition) is 9. The van der Waals surface area contributed by atoms with E-state index in [2.05, 4.69) is 6.92 Å². The summed E-state index contributed by atoms with van der Waals surface area (Å²) in [4.78, 5) is 0. The molecule has 2 rings (SSSR count). The van der Waals surface area contributed by atoms with E-state index in [1.54, 1.807) is 18.2 Å². The number of hydrogen-bond donors (Lipinski definition) is 4. The maximum absolute atomic E-state index is 12.5. The first kappa shape index (κ1) is 32.9. The van der Waals surface area contributed by atoms with Crippen LogP contribution in [0.4, 0.5) is 0 Å². The number of aliphatic hydroxyl groups is 4. The predicted octanol–water partition coefficient (Wildman–Crippen LogP) is 4.15. The van der Waals surface area contributed by atoms with Gasteiger partial charge in [-0.15, -0.1) is 0 Å². The Morgan fingerprint density at radius 2 is 1.29 bits per heavy atom. The highest BCUT2D eigenvalue weighted by atomic mass is 32.3. The Morgan fingerprint density at radius 1 is 0.763 bits per heavy atom. The van der Waals surface area contributed by atoms with E-state index >= 15 is 0 Å². The van der Waals surface area contributed by atoms with Crippen molar-refractivity contribution >= 4 is 10.4 Å². The summed E-state index contributed by atoms with van der Waals surface area (Å²) in [6.07, 6.45) is 9.89. The molecule has 10 heteroatoms. The standard InChI is InChI=1S/C28H48O9S/c1-2-3-4-5-6-7-8-9-10-11-12-13-14-15-18-22-19-16-17-20-23(22)36-38(33,34)37-28-27(32)26(31)25(30)24(21-29)35-28/h16-17,19-20,24-32H,2-15,18,21H2,1H3/t24-,25+,26+,27-,28+/m1/s1. The number of unbranched alkanes of at least 4 members (excludes halogenated alkanes) is 13. The molecule has 1 fully saturated rings. The third kappa shape index (κ3) is 11.9. The number of para-hydroxylation sites is 1. The summed E-state index contributed by atoms with van der Waals surface area (Å²) >= 11 is 0. The van der Waals surface area contributed by atoms with Crippen molar-refractivity contribution in [1.82, 2.24) is 0 Å². The van der Waals surface area contributed by atoms with E-state index in [0.29, 0.717) is 12.0 Å². The Morgan fingerprint density at radius 3 is 1.84 bits per heavy atom. The molecule has 0 unspecified atom stereocenters. The molecule has 1 aromatic carbocycles. The molecule has 220 valence electrons. The van der Waals surface area contributed by atoms with Crippen molar-refractivity contribution in [2.45, 2.75) is 134 Å². The van der Waals surface area contributed by atoms with Crippen LogP contribution in [-0.2, 0) is 25.7 Å². The average molecular weight is 561 g/mol. The highest BCUT2D eigenvalue weighted by molar-refractivity contribution is 7.82. The van der Waals surface area contributed by atoms with E-state index in [-0.39, 0.29) is 5.75 Å². The van der Waals surface area contributed by atoms with Crippen molar-refractivity contribution in [2.24, 2.45) is 0 Å². The topological polar surface area (TPSA) is 143 Å². The van der Waals surface area contributed by atoms with E-state index < -0.39 is 47.7 Å². The van der Waals surface area contributed by atoms with E-state index in [1.165, 1.54) is 76.7 Å². The van der Waals surface area contributed by atoms with Gasteiger partial charge in [-0.3, -0.25) is 0 Å². The van der Waals surface area contributed by atoms with Crippen LogP contribution in [0.3, 0.4) is 0 Å². The molecule has 0 radical (unpaired) electrons. The van der Waals surface area contributed by atoms with Crippen LogP contribution in [0.1, 0.15) is 102 Å². The summed E-state index contributed by atoms with van der Waals surface area (Å²) < 4.78 is 40.1. The number of benzene rings is 1. The Balaban J connectivity index is 1.68. The van der Waals surface area contributed by atoms with Crippen LogP contribution in [-0.4, -0.2) is 66.2 Å². The molecule has 1 aliphatic rings. The summed E-state index contributed by atoms with van der Waals surface area (Å²) in [6.45, 7) is 1.54. The van der Waals surface area contributed by atoms with Gasteiger partial charge in [0.1, 0.15) is 30.2 Å². The van der Waals surface area contributed by atoms with Crippen LogP contribution in [0.25, 0.3) is 0 Å². The normalized spacial score (nSPS) is 24.0. The molecule has 1 saturated heterocycles. The van der Waals surface area contributed by atoms with Gasteiger partial charge in [0.15, 0.2) is 0 Å². The fourth-order valence-electron chi connectivity index (χ4n) is 4.69.